The molecule has 0 amide bonds. The fraction of sp³-hybridized carbons (Fsp3) is 1.00. The minimum absolute atomic E-state index is 0.617. The molecule has 0 aliphatic rings. The van der Waals surface area contributed by atoms with E-state index in [0.717, 1.165) is 17.8 Å². The molecule has 2 nitrogen and oxygen atoms in total. The van der Waals surface area contributed by atoms with Crippen LogP contribution in [0.15, 0.2) is 0 Å². The van der Waals surface area contributed by atoms with Gasteiger partial charge in [-0.25, -0.2) is 0 Å². The molecule has 0 aromatic rings. The Labute approximate surface area is 87.6 Å². The SMILES string of the molecule is CCNCN(CI)C(C)SC. The highest BCUT2D eigenvalue weighted by Crippen LogP contribution is 2.11. The lowest BCUT2D eigenvalue weighted by Gasteiger charge is -2.25. The normalized spacial score (nSPS) is 13.9. The van der Waals surface area contributed by atoms with E-state index in [-0.39, 0.29) is 0 Å². The fourth-order valence-electron chi connectivity index (χ4n) is 0.672. The van der Waals surface area contributed by atoms with Crippen LogP contribution in [0.1, 0.15) is 13.8 Å². The molecule has 0 aliphatic heterocycles. The van der Waals surface area contributed by atoms with E-state index in [1.807, 2.05) is 11.8 Å². The van der Waals surface area contributed by atoms with Crippen LogP contribution in [-0.2, 0) is 0 Å². The third-order valence-corrected chi connectivity index (χ3v) is 3.43. The van der Waals surface area contributed by atoms with Crippen LogP contribution in [0.4, 0.5) is 0 Å². The van der Waals surface area contributed by atoms with Crippen molar-refractivity contribution in [3.05, 3.63) is 0 Å². The first kappa shape index (κ1) is 12.0. The Balaban J connectivity index is 3.56. The molecule has 0 aromatic carbocycles. The number of nitrogens with one attached hydrogen (secondary N) is 1. The molecule has 0 saturated carbocycles. The van der Waals surface area contributed by atoms with Crippen molar-refractivity contribution >= 4 is 34.4 Å². The number of halogens is 1. The van der Waals surface area contributed by atoms with E-state index in [0.29, 0.717) is 5.37 Å². The van der Waals surface area contributed by atoms with Crippen molar-refractivity contribution in [3.63, 3.8) is 0 Å². The second-order valence-electron chi connectivity index (χ2n) is 2.30. The minimum atomic E-state index is 0.617. The summed E-state index contributed by atoms with van der Waals surface area (Å²) in [5, 5.41) is 3.94. The Morgan fingerprint density at radius 1 is 1.64 bits per heavy atom. The van der Waals surface area contributed by atoms with Crippen molar-refractivity contribution < 1.29 is 0 Å². The van der Waals surface area contributed by atoms with Crippen LogP contribution in [0.25, 0.3) is 0 Å². The first-order chi connectivity index (χ1) is 5.26. The van der Waals surface area contributed by atoms with Gasteiger partial charge in [0, 0.05) is 6.67 Å². The lowest BCUT2D eigenvalue weighted by molar-refractivity contribution is 0.298. The monoisotopic (exact) mass is 288 g/mol. The van der Waals surface area contributed by atoms with E-state index in [2.05, 4.69) is 52.9 Å². The smallest absolute Gasteiger partial charge is 0.0545 e. The summed E-state index contributed by atoms with van der Waals surface area (Å²) in [6, 6.07) is 0. The number of thioether (sulfide) groups is 1. The Hall–Kier alpha value is 1.00. The maximum atomic E-state index is 3.32. The average molecular weight is 288 g/mol. The van der Waals surface area contributed by atoms with Crippen LogP contribution in [-0.4, -0.2) is 34.3 Å². The van der Waals surface area contributed by atoms with E-state index < -0.39 is 0 Å². The molecule has 0 rings (SSSR count). The number of hydrogen-bond acceptors (Lipinski definition) is 3. The van der Waals surface area contributed by atoms with Gasteiger partial charge in [-0.2, -0.15) is 0 Å². The molecule has 0 bridgehead atoms. The highest BCUT2D eigenvalue weighted by atomic mass is 127. The summed E-state index contributed by atoms with van der Waals surface area (Å²) in [4.78, 5) is 2.40. The van der Waals surface area contributed by atoms with Gasteiger partial charge in [0.1, 0.15) is 0 Å². The van der Waals surface area contributed by atoms with Crippen molar-refractivity contribution in [1.82, 2.24) is 10.2 Å². The van der Waals surface area contributed by atoms with Gasteiger partial charge in [0.05, 0.1) is 9.93 Å². The number of nitrogens with zero attached hydrogens (tertiary/aromatic N) is 1. The van der Waals surface area contributed by atoms with Gasteiger partial charge >= 0.3 is 0 Å². The third-order valence-electron chi connectivity index (χ3n) is 1.57. The topological polar surface area (TPSA) is 15.3 Å². The summed E-state index contributed by atoms with van der Waals surface area (Å²) in [7, 11) is 0. The van der Waals surface area contributed by atoms with Gasteiger partial charge in [0.2, 0.25) is 0 Å². The third kappa shape index (κ3) is 5.27. The number of rotatable bonds is 6. The first-order valence-electron chi connectivity index (χ1n) is 3.79. The van der Waals surface area contributed by atoms with E-state index in [1.165, 1.54) is 0 Å². The molecule has 0 aliphatic carbocycles. The van der Waals surface area contributed by atoms with E-state index in [9.17, 15) is 0 Å². The summed E-state index contributed by atoms with van der Waals surface area (Å²) in [5.41, 5.74) is 0. The Morgan fingerprint density at radius 3 is 2.64 bits per heavy atom. The van der Waals surface area contributed by atoms with Gasteiger partial charge in [-0.05, 0) is 19.7 Å². The van der Waals surface area contributed by atoms with Crippen LogP contribution in [0.3, 0.4) is 0 Å². The molecular weight excluding hydrogens is 271 g/mol. The second kappa shape index (κ2) is 7.64. The van der Waals surface area contributed by atoms with Crippen LogP contribution < -0.4 is 5.32 Å². The van der Waals surface area contributed by atoms with Crippen molar-refractivity contribution in [3.8, 4) is 0 Å². The lowest BCUT2D eigenvalue weighted by Crippen LogP contribution is -2.37. The summed E-state index contributed by atoms with van der Waals surface area (Å²) < 4.78 is 1.09. The summed E-state index contributed by atoms with van der Waals surface area (Å²) in [6.07, 6.45) is 2.15. The molecule has 11 heavy (non-hydrogen) atoms. The highest BCUT2D eigenvalue weighted by Gasteiger charge is 2.08. The summed E-state index contributed by atoms with van der Waals surface area (Å²) >= 11 is 4.29. The quantitative estimate of drug-likeness (QED) is 0.348. The van der Waals surface area contributed by atoms with Crippen LogP contribution >= 0.6 is 34.4 Å². The van der Waals surface area contributed by atoms with Crippen molar-refractivity contribution in [2.75, 3.05) is 24.0 Å². The van der Waals surface area contributed by atoms with Gasteiger partial charge in [0.15, 0.2) is 0 Å². The van der Waals surface area contributed by atoms with Gasteiger partial charge in [-0.15, -0.1) is 11.8 Å². The Bertz CT molecular complexity index is 92.5. The zero-order chi connectivity index (χ0) is 8.69. The molecule has 0 aromatic heterocycles. The molecule has 4 heteroatoms. The van der Waals surface area contributed by atoms with E-state index in [1.54, 1.807) is 0 Å². The van der Waals surface area contributed by atoms with E-state index >= 15 is 0 Å². The standard InChI is InChI=1S/C7H17IN2S/c1-4-9-6-10(5-8)7(2)11-3/h7,9H,4-6H2,1-3H3. The average Bonchev–Trinajstić information content (AvgIpc) is 2.05. The van der Waals surface area contributed by atoms with Crippen molar-refractivity contribution in [2.45, 2.75) is 19.2 Å². The highest BCUT2D eigenvalue weighted by molar-refractivity contribution is 14.1. The molecule has 0 saturated heterocycles. The molecule has 0 spiro atoms. The molecule has 0 radical (unpaired) electrons. The van der Waals surface area contributed by atoms with Crippen molar-refractivity contribution in [1.29, 1.82) is 0 Å². The first-order valence-corrected chi connectivity index (χ1v) is 6.61. The minimum Gasteiger partial charge on any atom is -0.305 e. The van der Waals surface area contributed by atoms with E-state index in [4.69, 9.17) is 0 Å². The summed E-state index contributed by atoms with van der Waals surface area (Å²) in [6.45, 7) is 6.42. The molecule has 1 atom stereocenters. The van der Waals surface area contributed by atoms with Crippen LogP contribution in [0, 0.1) is 0 Å². The summed E-state index contributed by atoms with van der Waals surface area (Å²) in [5.74, 6) is 0. The maximum absolute atomic E-state index is 3.32. The largest absolute Gasteiger partial charge is 0.305 e. The van der Waals surface area contributed by atoms with Gasteiger partial charge in [-0.1, -0.05) is 29.5 Å². The molecule has 1 N–H and O–H groups in total. The predicted octanol–water partition coefficient (Wildman–Crippen LogP) is 1.96. The maximum Gasteiger partial charge on any atom is 0.0545 e. The molecule has 0 fully saturated rings. The van der Waals surface area contributed by atoms with Gasteiger partial charge in [-0.3, -0.25) is 4.90 Å². The molecular formula is C7H17IN2S. The Kier molecular flexibility index (Phi) is 8.33. The molecule has 0 heterocycles. The molecule has 68 valence electrons. The predicted molar refractivity (Wildman–Crippen MR) is 62.2 cm³/mol. The molecule has 1 unspecified atom stereocenters. The van der Waals surface area contributed by atoms with Crippen LogP contribution in [0.2, 0.25) is 0 Å². The van der Waals surface area contributed by atoms with Crippen molar-refractivity contribution in [2.24, 2.45) is 0 Å². The van der Waals surface area contributed by atoms with Gasteiger partial charge < -0.3 is 5.32 Å². The number of alkyl halides is 1. The van der Waals surface area contributed by atoms with Crippen LogP contribution in [0.5, 0.6) is 0 Å². The number of hydrogen-bond donors (Lipinski definition) is 1. The zero-order valence-corrected chi connectivity index (χ0v) is 10.4. The Morgan fingerprint density at radius 2 is 2.27 bits per heavy atom. The fourth-order valence-corrected chi connectivity index (χ4v) is 2.22. The lowest BCUT2D eigenvalue weighted by atomic mass is 10.6. The zero-order valence-electron chi connectivity index (χ0n) is 7.43. The van der Waals surface area contributed by atoms with Gasteiger partial charge in [0.25, 0.3) is 0 Å². The second-order valence-corrected chi connectivity index (χ2v) is 4.14.